The lowest BCUT2D eigenvalue weighted by Gasteiger charge is -2.40. The number of hydrogen-bond acceptors (Lipinski definition) is 3. The van der Waals surface area contributed by atoms with Crippen molar-refractivity contribution in [2.75, 3.05) is 18.6 Å². The van der Waals surface area contributed by atoms with Crippen molar-refractivity contribution in [1.29, 1.82) is 0 Å². The van der Waals surface area contributed by atoms with Crippen LogP contribution in [0.25, 0.3) is 0 Å². The second-order valence-electron chi connectivity index (χ2n) is 5.41. The van der Waals surface area contributed by atoms with Gasteiger partial charge >= 0.3 is 0 Å². The van der Waals surface area contributed by atoms with Crippen LogP contribution in [0.15, 0.2) is 0 Å². The van der Waals surface area contributed by atoms with Crippen molar-refractivity contribution in [1.82, 2.24) is 10.2 Å². The number of carbonyl (C=O) groups is 2. The van der Waals surface area contributed by atoms with Gasteiger partial charge < -0.3 is 10.2 Å². The van der Waals surface area contributed by atoms with Crippen molar-refractivity contribution in [2.45, 2.75) is 52.1 Å². The molecule has 0 aromatic heterocycles. The van der Waals surface area contributed by atoms with E-state index in [1.54, 1.807) is 11.8 Å². The molecule has 0 aromatic carbocycles. The monoisotopic (exact) mass is 286 g/mol. The molecule has 1 saturated heterocycles. The minimum Gasteiger partial charge on any atom is -0.342 e. The molecule has 1 heterocycles. The predicted octanol–water partition coefficient (Wildman–Crippen LogP) is 1.89. The molecule has 0 bridgehead atoms. The van der Waals surface area contributed by atoms with Crippen molar-refractivity contribution < 1.29 is 9.59 Å². The van der Waals surface area contributed by atoms with Gasteiger partial charge in [-0.3, -0.25) is 9.59 Å². The topological polar surface area (TPSA) is 49.4 Å². The molecular weight excluding hydrogens is 260 g/mol. The van der Waals surface area contributed by atoms with Gasteiger partial charge in [0.05, 0.1) is 0 Å². The van der Waals surface area contributed by atoms with Crippen LogP contribution < -0.4 is 5.32 Å². The summed E-state index contributed by atoms with van der Waals surface area (Å²) < 4.78 is 0. The number of amides is 2. The quantitative estimate of drug-likeness (QED) is 0.727. The third-order valence-corrected chi connectivity index (χ3v) is 4.20. The molecule has 0 saturated carbocycles. The van der Waals surface area contributed by atoms with Crippen molar-refractivity contribution in [3.8, 4) is 0 Å². The summed E-state index contributed by atoms with van der Waals surface area (Å²) in [6.45, 7) is 6.69. The first kappa shape index (κ1) is 16.3. The van der Waals surface area contributed by atoms with Crippen LogP contribution in [-0.4, -0.2) is 47.4 Å². The van der Waals surface area contributed by atoms with Gasteiger partial charge in [-0.05, 0) is 30.8 Å². The molecule has 0 aliphatic carbocycles. The standard InChI is InChI=1S/C14H26N2O2S/c1-5-7-11-13(17)15-12(10(2)3)14(18)16(11)8-6-9-19-4/h10-12H,5-9H2,1-4H3,(H,15,17). The molecule has 4 nitrogen and oxygen atoms in total. The van der Waals surface area contributed by atoms with E-state index in [0.29, 0.717) is 6.54 Å². The molecule has 0 aromatic rings. The molecule has 1 fully saturated rings. The van der Waals surface area contributed by atoms with Gasteiger partial charge in [-0.25, -0.2) is 0 Å². The molecule has 110 valence electrons. The van der Waals surface area contributed by atoms with Crippen LogP contribution >= 0.6 is 11.8 Å². The Bertz CT molecular complexity index is 321. The predicted molar refractivity (Wildman–Crippen MR) is 80.2 cm³/mol. The Hall–Kier alpha value is -0.710. The number of carbonyl (C=O) groups excluding carboxylic acids is 2. The summed E-state index contributed by atoms with van der Waals surface area (Å²) in [5.74, 6) is 1.27. The number of hydrogen-bond donors (Lipinski definition) is 1. The molecule has 19 heavy (non-hydrogen) atoms. The first-order chi connectivity index (χ1) is 9.02. The smallest absolute Gasteiger partial charge is 0.246 e. The number of nitrogens with zero attached hydrogens (tertiary/aromatic N) is 1. The van der Waals surface area contributed by atoms with Crippen LogP contribution in [0.4, 0.5) is 0 Å². The molecule has 1 rings (SSSR count). The van der Waals surface area contributed by atoms with Crippen molar-refractivity contribution in [2.24, 2.45) is 5.92 Å². The fourth-order valence-corrected chi connectivity index (χ4v) is 2.86. The maximum Gasteiger partial charge on any atom is 0.246 e. The SMILES string of the molecule is CCCC1C(=O)NC(C(C)C)C(=O)N1CCCSC. The lowest BCUT2D eigenvalue weighted by molar-refractivity contribution is -0.150. The van der Waals surface area contributed by atoms with E-state index < -0.39 is 0 Å². The van der Waals surface area contributed by atoms with Gasteiger partial charge in [0.25, 0.3) is 0 Å². The summed E-state index contributed by atoms with van der Waals surface area (Å²) in [4.78, 5) is 26.5. The van der Waals surface area contributed by atoms with Gasteiger partial charge in [0, 0.05) is 6.54 Å². The highest BCUT2D eigenvalue weighted by Gasteiger charge is 2.40. The van der Waals surface area contributed by atoms with Gasteiger partial charge in [0.15, 0.2) is 0 Å². The Balaban J connectivity index is 2.80. The van der Waals surface area contributed by atoms with Gasteiger partial charge in [-0.1, -0.05) is 27.2 Å². The van der Waals surface area contributed by atoms with Crippen LogP contribution in [0, 0.1) is 5.92 Å². The summed E-state index contributed by atoms with van der Waals surface area (Å²) in [5.41, 5.74) is 0. The minimum absolute atomic E-state index is 0.0179. The van der Waals surface area contributed by atoms with Gasteiger partial charge in [-0.15, -0.1) is 0 Å². The molecule has 0 radical (unpaired) electrons. The van der Waals surface area contributed by atoms with Crippen LogP contribution in [0.3, 0.4) is 0 Å². The Morgan fingerprint density at radius 1 is 1.37 bits per heavy atom. The first-order valence-corrected chi connectivity index (χ1v) is 8.52. The maximum atomic E-state index is 12.5. The van der Waals surface area contributed by atoms with Crippen molar-refractivity contribution in [3.05, 3.63) is 0 Å². The molecule has 1 aliphatic heterocycles. The lowest BCUT2D eigenvalue weighted by atomic mass is 9.96. The Morgan fingerprint density at radius 2 is 2.05 bits per heavy atom. The van der Waals surface area contributed by atoms with Crippen LogP contribution in [0.2, 0.25) is 0 Å². The van der Waals surface area contributed by atoms with Crippen LogP contribution in [-0.2, 0) is 9.59 Å². The molecule has 2 amide bonds. The summed E-state index contributed by atoms with van der Waals surface area (Å²) >= 11 is 1.78. The van der Waals surface area contributed by atoms with E-state index in [4.69, 9.17) is 0 Å². The lowest BCUT2D eigenvalue weighted by Crippen LogP contribution is -2.64. The molecule has 1 N–H and O–H groups in total. The van der Waals surface area contributed by atoms with Crippen molar-refractivity contribution >= 4 is 23.6 Å². The highest BCUT2D eigenvalue weighted by molar-refractivity contribution is 7.98. The molecule has 0 spiro atoms. The third kappa shape index (κ3) is 4.13. The second-order valence-corrected chi connectivity index (χ2v) is 6.40. The second kappa shape index (κ2) is 7.78. The third-order valence-electron chi connectivity index (χ3n) is 3.50. The fraction of sp³-hybridized carbons (Fsp3) is 0.857. The Morgan fingerprint density at radius 3 is 2.58 bits per heavy atom. The minimum atomic E-state index is -0.352. The normalized spacial score (nSPS) is 23.9. The zero-order valence-electron chi connectivity index (χ0n) is 12.4. The number of nitrogens with one attached hydrogen (secondary N) is 1. The maximum absolute atomic E-state index is 12.5. The molecular formula is C14H26N2O2S. The highest BCUT2D eigenvalue weighted by atomic mass is 32.2. The zero-order chi connectivity index (χ0) is 14.4. The average Bonchev–Trinajstić information content (AvgIpc) is 2.36. The summed E-state index contributed by atoms with van der Waals surface area (Å²) in [7, 11) is 0. The molecule has 1 aliphatic rings. The van der Waals surface area contributed by atoms with E-state index in [9.17, 15) is 9.59 Å². The molecule has 5 heteroatoms. The highest BCUT2D eigenvalue weighted by Crippen LogP contribution is 2.19. The molecule has 2 atom stereocenters. The van der Waals surface area contributed by atoms with E-state index in [0.717, 1.165) is 25.0 Å². The largest absolute Gasteiger partial charge is 0.342 e. The van der Waals surface area contributed by atoms with E-state index in [1.807, 2.05) is 25.7 Å². The first-order valence-electron chi connectivity index (χ1n) is 7.12. The number of rotatable bonds is 7. The van der Waals surface area contributed by atoms with E-state index in [-0.39, 0.29) is 29.8 Å². The Kier molecular flexibility index (Phi) is 6.69. The summed E-state index contributed by atoms with van der Waals surface area (Å²) in [6, 6.07) is -0.621. The zero-order valence-corrected chi connectivity index (χ0v) is 13.3. The average molecular weight is 286 g/mol. The van der Waals surface area contributed by atoms with Gasteiger partial charge in [0.1, 0.15) is 12.1 Å². The van der Waals surface area contributed by atoms with E-state index >= 15 is 0 Å². The van der Waals surface area contributed by atoms with E-state index in [1.165, 1.54) is 0 Å². The van der Waals surface area contributed by atoms with Gasteiger partial charge in [0.2, 0.25) is 11.8 Å². The fourth-order valence-electron chi connectivity index (χ4n) is 2.44. The van der Waals surface area contributed by atoms with E-state index in [2.05, 4.69) is 11.6 Å². The summed E-state index contributed by atoms with van der Waals surface area (Å²) in [6.07, 6.45) is 4.68. The van der Waals surface area contributed by atoms with Crippen molar-refractivity contribution in [3.63, 3.8) is 0 Å². The summed E-state index contributed by atoms with van der Waals surface area (Å²) in [5, 5.41) is 2.89. The van der Waals surface area contributed by atoms with Crippen LogP contribution in [0.1, 0.15) is 40.0 Å². The number of piperazine rings is 1. The molecule has 2 unspecified atom stereocenters. The Labute approximate surface area is 120 Å². The van der Waals surface area contributed by atoms with Crippen LogP contribution in [0.5, 0.6) is 0 Å². The van der Waals surface area contributed by atoms with Gasteiger partial charge in [-0.2, -0.15) is 11.8 Å². The number of thioether (sulfide) groups is 1.